The van der Waals surface area contributed by atoms with Gasteiger partial charge < -0.3 is 19.3 Å². The Bertz CT molecular complexity index is 869. The molecule has 1 amide bonds. The average Bonchev–Trinajstić information content (AvgIpc) is 2.78. The van der Waals surface area contributed by atoms with Crippen LogP contribution in [0.15, 0.2) is 30.3 Å². The molecule has 30 heavy (non-hydrogen) atoms. The van der Waals surface area contributed by atoms with Crippen LogP contribution in [0.25, 0.3) is 10.9 Å². The number of aromatic nitrogens is 1. The van der Waals surface area contributed by atoms with E-state index in [4.69, 9.17) is 9.47 Å². The number of nitrogens with zero attached hydrogens (tertiary/aromatic N) is 3. The van der Waals surface area contributed by atoms with Crippen LogP contribution in [0.4, 0.5) is 0 Å². The zero-order chi connectivity index (χ0) is 21.1. The van der Waals surface area contributed by atoms with Gasteiger partial charge in [0.05, 0.1) is 11.6 Å². The first-order valence-corrected chi connectivity index (χ1v) is 11.2. The van der Waals surface area contributed by atoms with Crippen LogP contribution in [-0.2, 0) is 4.74 Å². The van der Waals surface area contributed by atoms with Gasteiger partial charge in [-0.3, -0.25) is 4.79 Å². The fraction of sp³-hybridized carbons (Fsp3) is 0.583. The summed E-state index contributed by atoms with van der Waals surface area (Å²) in [5.41, 5.74) is 1.34. The van der Waals surface area contributed by atoms with Crippen LogP contribution in [-0.4, -0.2) is 72.2 Å². The summed E-state index contributed by atoms with van der Waals surface area (Å²) in [5.74, 6) is 0.886. The van der Waals surface area contributed by atoms with Crippen molar-refractivity contribution < 1.29 is 14.3 Å². The fourth-order valence-electron chi connectivity index (χ4n) is 4.46. The molecule has 3 heterocycles. The van der Waals surface area contributed by atoms with E-state index >= 15 is 0 Å². The summed E-state index contributed by atoms with van der Waals surface area (Å²) >= 11 is 0. The lowest BCUT2D eigenvalue weighted by atomic mass is 10.1. The highest BCUT2D eigenvalue weighted by Gasteiger charge is 2.25. The maximum Gasteiger partial charge on any atom is 0.272 e. The van der Waals surface area contributed by atoms with Gasteiger partial charge in [-0.25, -0.2) is 4.98 Å². The van der Waals surface area contributed by atoms with Gasteiger partial charge in [0.2, 0.25) is 0 Å². The summed E-state index contributed by atoms with van der Waals surface area (Å²) in [6.45, 7) is 8.12. The fourth-order valence-corrected chi connectivity index (χ4v) is 4.46. The van der Waals surface area contributed by atoms with Gasteiger partial charge >= 0.3 is 0 Å². The Morgan fingerprint density at radius 2 is 1.70 bits per heavy atom. The van der Waals surface area contributed by atoms with Crippen LogP contribution < -0.4 is 4.74 Å². The number of amides is 1. The summed E-state index contributed by atoms with van der Waals surface area (Å²) in [7, 11) is 1.74. The highest BCUT2D eigenvalue weighted by Crippen LogP contribution is 2.25. The summed E-state index contributed by atoms with van der Waals surface area (Å²) in [6, 6.07) is 10.4. The number of ether oxygens (including phenoxy) is 2. The third-order valence-electron chi connectivity index (χ3n) is 6.45. The Morgan fingerprint density at radius 3 is 2.37 bits per heavy atom. The summed E-state index contributed by atoms with van der Waals surface area (Å²) in [5, 5.41) is 1.00. The number of hydrogen-bond donors (Lipinski definition) is 0. The zero-order valence-corrected chi connectivity index (χ0v) is 18.3. The third kappa shape index (κ3) is 4.76. The Morgan fingerprint density at radius 1 is 1.00 bits per heavy atom. The van der Waals surface area contributed by atoms with E-state index in [0.717, 1.165) is 68.5 Å². The normalized spacial score (nSPS) is 19.5. The number of carbonyl (C=O) groups is 1. The number of benzene rings is 1. The van der Waals surface area contributed by atoms with Crippen LogP contribution >= 0.6 is 0 Å². The second-order valence-electron chi connectivity index (χ2n) is 8.73. The molecule has 2 aliphatic rings. The smallest absolute Gasteiger partial charge is 0.272 e. The number of pyridine rings is 1. The van der Waals surface area contributed by atoms with Crippen molar-refractivity contribution in [3.8, 4) is 5.75 Å². The minimum Gasteiger partial charge on any atom is -0.490 e. The molecule has 0 N–H and O–H groups in total. The SMILES string of the molecule is COC1CCN(C(=O)c2ccc3cc(OC4CCN(C(C)C)CC4)ccc3n2)CC1. The van der Waals surface area contributed by atoms with Crippen molar-refractivity contribution in [2.24, 2.45) is 0 Å². The minimum absolute atomic E-state index is 0.00342. The molecule has 2 aliphatic heterocycles. The second-order valence-corrected chi connectivity index (χ2v) is 8.73. The Kier molecular flexibility index (Phi) is 6.54. The van der Waals surface area contributed by atoms with Gasteiger partial charge in [-0.15, -0.1) is 0 Å². The van der Waals surface area contributed by atoms with Gasteiger partial charge in [0.25, 0.3) is 5.91 Å². The predicted molar refractivity (Wildman–Crippen MR) is 118 cm³/mol. The van der Waals surface area contributed by atoms with Gasteiger partial charge in [0, 0.05) is 44.7 Å². The van der Waals surface area contributed by atoms with E-state index in [1.165, 1.54) is 0 Å². The number of hydrogen-bond acceptors (Lipinski definition) is 5. The van der Waals surface area contributed by atoms with Crippen LogP contribution in [0.1, 0.15) is 50.0 Å². The van der Waals surface area contributed by atoms with Crippen LogP contribution in [0.3, 0.4) is 0 Å². The molecular weight excluding hydrogens is 378 g/mol. The molecule has 4 rings (SSSR count). The first kappa shape index (κ1) is 21.1. The molecule has 0 atom stereocenters. The van der Waals surface area contributed by atoms with Crippen molar-refractivity contribution in [2.75, 3.05) is 33.3 Å². The summed E-state index contributed by atoms with van der Waals surface area (Å²) in [4.78, 5) is 21.8. The maximum absolute atomic E-state index is 12.8. The topological polar surface area (TPSA) is 54.9 Å². The zero-order valence-electron chi connectivity index (χ0n) is 18.3. The van der Waals surface area contributed by atoms with E-state index in [0.29, 0.717) is 11.7 Å². The lowest BCUT2D eigenvalue weighted by molar-refractivity contribution is 0.0348. The summed E-state index contributed by atoms with van der Waals surface area (Å²) < 4.78 is 11.6. The van der Waals surface area contributed by atoms with Gasteiger partial charge in [0.15, 0.2) is 0 Å². The quantitative estimate of drug-likeness (QED) is 0.750. The average molecular weight is 412 g/mol. The van der Waals surface area contributed by atoms with Crippen molar-refractivity contribution in [3.05, 3.63) is 36.0 Å². The standard InChI is InChI=1S/C24H33N3O3/c1-17(2)26-12-10-20(11-13-26)30-21-5-7-22-18(16-21)4-6-23(25-22)24(28)27-14-8-19(29-3)9-15-27/h4-7,16-17,19-20H,8-15H2,1-3H3. The van der Waals surface area contributed by atoms with Crippen LogP contribution in [0.2, 0.25) is 0 Å². The molecule has 6 heteroatoms. The molecule has 0 radical (unpaired) electrons. The van der Waals surface area contributed by atoms with E-state index < -0.39 is 0 Å². The Labute approximate surface area is 179 Å². The van der Waals surface area contributed by atoms with E-state index in [9.17, 15) is 4.79 Å². The van der Waals surface area contributed by atoms with E-state index in [-0.39, 0.29) is 18.1 Å². The lowest BCUT2D eigenvalue weighted by Gasteiger charge is -2.34. The molecule has 6 nitrogen and oxygen atoms in total. The second kappa shape index (κ2) is 9.31. The van der Waals surface area contributed by atoms with E-state index in [1.54, 1.807) is 7.11 Å². The molecule has 0 unspecified atom stereocenters. The first-order chi connectivity index (χ1) is 14.5. The van der Waals surface area contributed by atoms with Crippen molar-refractivity contribution >= 4 is 16.8 Å². The van der Waals surface area contributed by atoms with Crippen LogP contribution in [0.5, 0.6) is 5.75 Å². The van der Waals surface area contributed by atoms with E-state index in [2.05, 4.69) is 23.7 Å². The Balaban J connectivity index is 1.40. The number of carbonyl (C=O) groups excluding carboxylic acids is 1. The molecule has 0 spiro atoms. The van der Waals surface area contributed by atoms with Crippen LogP contribution in [0, 0.1) is 0 Å². The van der Waals surface area contributed by atoms with Crippen molar-refractivity contribution in [2.45, 2.75) is 57.8 Å². The van der Waals surface area contributed by atoms with E-state index in [1.807, 2.05) is 35.2 Å². The number of rotatable bonds is 5. The monoisotopic (exact) mass is 411 g/mol. The van der Waals surface area contributed by atoms with Gasteiger partial charge in [-0.1, -0.05) is 6.07 Å². The molecule has 0 aliphatic carbocycles. The molecule has 2 aromatic rings. The molecule has 1 aromatic heterocycles. The van der Waals surface area contributed by atoms with Crippen molar-refractivity contribution in [1.29, 1.82) is 0 Å². The lowest BCUT2D eigenvalue weighted by Crippen LogP contribution is -2.41. The highest BCUT2D eigenvalue weighted by molar-refractivity contribution is 5.95. The van der Waals surface area contributed by atoms with Crippen molar-refractivity contribution in [1.82, 2.24) is 14.8 Å². The molecule has 2 saturated heterocycles. The number of methoxy groups -OCH3 is 1. The molecule has 1 aromatic carbocycles. The number of piperidine rings is 2. The van der Waals surface area contributed by atoms with Gasteiger partial charge in [-0.05, 0) is 63.8 Å². The molecule has 0 bridgehead atoms. The predicted octanol–water partition coefficient (Wildman–Crippen LogP) is 3.74. The first-order valence-electron chi connectivity index (χ1n) is 11.2. The van der Waals surface area contributed by atoms with Crippen molar-refractivity contribution in [3.63, 3.8) is 0 Å². The highest BCUT2D eigenvalue weighted by atomic mass is 16.5. The maximum atomic E-state index is 12.8. The molecule has 162 valence electrons. The minimum atomic E-state index is 0.00342. The molecular formula is C24H33N3O3. The largest absolute Gasteiger partial charge is 0.490 e. The molecule has 2 fully saturated rings. The number of likely N-dealkylation sites (tertiary alicyclic amines) is 2. The third-order valence-corrected chi connectivity index (χ3v) is 6.45. The van der Waals surface area contributed by atoms with Gasteiger partial charge in [0.1, 0.15) is 17.5 Å². The van der Waals surface area contributed by atoms with Gasteiger partial charge in [-0.2, -0.15) is 0 Å². The molecule has 0 saturated carbocycles. The Hall–Kier alpha value is -2.18. The number of fused-ring (bicyclic) bond motifs is 1. The summed E-state index contributed by atoms with van der Waals surface area (Å²) in [6.07, 6.45) is 4.40.